The van der Waals surface area contributed by atoms with Crippen LogP contribution in [0.4, 0.5) is 8.78 Å². The Kier molecular flexibility index (Phi) is 7.05. The quantitative estimate of drug-likeness (QED) is 0.446. The summed E-state index contributed by atoms with van der Waals surface area (Å²) >= 11 is 0. The zero-order valence-corrected chi connectivity index (χ0v) is 19.7. The summed E-state index contributed by atoms with van der Waals surface area (Å²) in [5, 5.41) is 0. The maximum atomic E-state index is 13.4. The van der Waals surface area contributed by atoms with Gasteiger partial charge < -0.3 is 14.2 Å². The Morgan fingerprint density at radius 3 is 1.61 bits per heavy atom. The number of hydrogen-bond donors (Lipinski definition) is 0. The highest BCUT2D eigenvalue weighted by Gasteiger charge is 2.50. The minimum atomic E-state index is -0.675. The van der Waals surface area contributed by atoms with Crippen molar-refractivity contribution in [3.63, 3.8) is 0 Å². The fraction of sp³-hybridized carbons (Fsp3) is 0.462. The number of hydrogen-bond acceptors (Lipinski definition) is 5. The third kappa shape index (κ3) is 6.45. The first-order valence-corrected chi connectivity index (χ1v) is 10.9. The van der Waals surface area contributed by atoms with E-state index in [9.17, 15) is 18.4 Å². The highest BCUT2D eigenvalue weighted by Crippen LogP contribution is 2.43. The molecule has 0 saturated carbocycles. The van der Waals surface area contributed by atoms with E-state index in [0.717, 1.165) is 0 Å². The molecular weight excluding hydrogens is 430 g/mol. The summed E-state index contributed by atoms with van der Waals surface area (Å²) in [6, 6.07) is 12.7. The van der Waals surface area contributed by atoms with Crippen LogP contribution in [-0.2, 0) is 23.8 Å². The number of rotatable bonds is 4. The van der Waals surface area contributed by atoms with Crippen LogP contribution in [0.2, 0.25) is 0 Å². The molecule has 2 saturated heterocycles. The summed E-state index contributed by atoms with van der Waals surface area (Å²) in [7, 11) is 0. The van der Waals surface area contributed by atoms with Gasteiger partial charge in [-0.2, -0.15) is 0 Å². The van der Waals surface area contributed by atoms with Gasteiger partial charge in [0.25, 0.3) is 0 Å². The molecule has 2 aromatic carbocycles. The molecule has 5 nitrogen and oxygen atoms in total. The van der Waals surface area contributed by atoms with E-state index in [1.54, 1.807) is 57.2 Å². The van der Waals surface area contributed by atoms with Crippen molar-refractivity contribution in [3.8, 4) is 0 Å². The molecule has 0 aromatic heterocycles. The highest BCUT2D eigenvalue weighted by molar-refractivity contribution is 5.90. The van der Waals surface area contributed by atoms with Crippen LogP contribution in [0.3, 0.4) is 0 Å². The molecule has 4 atom stereocenters. The van der Waals surface area contributed by atoms with Crippen molar-refractivity contribution >= 4 is 11.8 Å². The van der Waals surface area contributed by atoms with Crippen LogP contribution < -0.4 is 0 Å². The summed E-state index contributed by atoms with van der Waals surface area (Å²) in [6.45, 7) is 10.9. The van der Waals surface area contributed by atoms with Crippen molar-refractivity contribution in [2.24, 2.45) is 5.41 Å². The van der Waals surface area contributed by atoms with Gasteiger partial charge in [-0.25, -0.2) is 13.6 Å². The number of epoxide rings is 2. The van der Waals surface area contributed by atoms with Gasteiger partial charge in [0.05, 0.1) is 0 Å². The largest absolute Gasteiger partial charge is 0.458 e. The minimum Gasteiger partial charge on any atom is -0.458 e. The summed E-state index contributed by atoms with van der Waals surface area (Å²) < 4.78 is 42.5. The molecule has 4 rings (SSSR count). The van der Waals surface area contributed by atoms with Gasteiger partial charge in [-0.15, -0.1) is 0 Å². The number of esters is 1. The van der Waals surface area contributed by atoms with Crippen LogP contribution in [0, 0.1) is 17.0 Å². The predicted octanol–water partition coefficient (Wildman–Crippen LogP) is 5.49. The van der Waals surface area contributed by atoms with Crippen LogP contribution >= 0.6 is 0 Å². The first kappa shape index (κ1) is 25.0. The maximum absolute atomic E-state index is 13.4. The molecule has 2 aliphatic rings. The Morgan fingerprint density at radius 2 is 1.18 bits per heavy atom. The lowest BCUT2D eigenvalue weighted by atomic mass is 9.87. The Labute approximate surface area is 193 Å². The Morgan fingerprint density at radius 1 is 0.758 bits per heavy atom. The fourth-order valence-corrected chi connectivity index (χ4v) is 3.27. The summed E-state index contributed by atoms with van der Waals surface area (Å²) in [5.41, 5.74) is -0.110. The van der Waals surface area contributed by atoms with Crippen molar-refractivity contribution in [3.05, 3.63) is 71.3 Å². The maximum Gasteiger partial charge on any atom is 0.338 e. The second kappa shape index (κ2) is 9.31. The minimum absolute atomic E-state index is 0.0285. The molecule has 0 aliphatic carbocycles. The van der Waals surface area contributed by atoms with Crippen LogP contribution in [0.1, 0.15) is 64.9 Å². The molecule has 2 aliphatic heterocycles. The van der Waals surface area contributed by atoms with Gasteiger partial charge in [0.2, 0.25) is 0 Å². The third-order valence-electron chi connectivity index (χ3n) is 5.04. The van der Waals surface area contributed by atoms with E-state index in [4.69, 9.17) is 14.2 Å². The first-order valence-electron chi connectivity index (χ1n) is 10.9. The van der Waals surface area contributed by atoms with Crippen molar-refractivity contribution in [1.82, 2.24) is 0 Å². The van der Waals surface area contributed by atoms with Crippen molar-refractivity contribution < 1.29 is 32.6 Å². The van der Waals surface area contributed by atoms with Gasteiger partial charge in [0, 0.05) is 16.5 Å². The van der Waals surface area contributed by atoms with E-state index >= 15 is 0 Å². The van der Waals surface area contributed by atoms with E-state index in [2.05, 4.69) is 0 Å². The lowest BCUT2D eigenvalue weighted by Gasteiger charge is -2.18. The molecule has 0 radical (unpaired) electrons. The monoisotopic (exact) mass is 460 g/mol. The molecule has 2 heterocycles. The van der Waals surface area contributed by atoms with Crippen molar-refractivity contribution in [1.29, 1.82) is 0 Å². The number of ketones is 1. The van der Waals surface area contributed by atoms with Crippen LogP contribution in [0.25, 0.3) is 0 Å². The van der Waals surface area contributed by atoms with Crippen molar-refractivity contribution in [2.45, 2.75) is 71.6 Å². The van der Waals surface area contributed by atoms with Crippen LogP contribution in [-0.4, -0.2) is 29.6 Å². The fourth-order valence-electron chi connectivity index (χ4n) is 3.27. The molecule has 0 N–H and O–H groups in total. The molecule has 4 unspecified atom stereocenters. The number of halogens is 2. The number of Topliss-reactive ketones (excluding diaryl/α,β-unsaturated/α-hetero) is 1. The molecule has 0 amide bonds. The molecule has 0 bridgehead atoms. The molecule has 33 heavy (non-hydrogen) atoms. The van der Waals surface area contributed by atoms with Crippen LogP contribution in [0.15, 0.2) is 48.5 Å². The zero-order valence-electron chi connectivity index (χ0n) is 19.7. The van der Waals surface area contributed by atoms with E-state index in [1.165, 1.54) is 12.1 Å². The second-order valence-corrected chi connectivity index (χ2v) is 10.1. The lowest BCUT2D eigenvalue weighted by molar-refractivity contribution is -0.156. The zero-order chi connectivity index (χ0) is 24.6. The van der Waals surface area contributed by atoms with Crippen molar-refractivity contribution in [2.75, 3.05) is 0 Å². The van der Waals surface area contributed by atoms with Gasteiger partial charge in [-0.3, -0.25) is 4.79 Å². The topological polar surface area (TPSA) is 68.4 Å². The smallest absolute Gasteiger partial charge is 0.338 e. The van der Waals surface area contributed by atoms with Gasteiger partial charge in [0.15, 0.2) is 11.9 Å². The van der Waals surface area contributed by atoms with Gasteiger partial charge >= 0.3 is 5.97 Å². The summed E-state index contributed by atoms with van der Waals surface area (Å²) in [6.07, 6.45) is -2.05. The number of carbonyl (C=O) groups is 2. The average Bonchev–Trinajstić information content (AvgIpc) is 3.61. The third-order valence-corrected chi connectivity index (χ3v) is 5.04. The molecule has 7 heteroatoms. The highest BCUT2D eigenvalue weighted by atomic mass is 19.1. The molecule has 178 valence electrons. The van der Waals surface area contributed by atoms with Gasteiger partial charge in [-0.05, 0) is 32.9 Å². The Balaban J connectivity index is 0.000000186. The molecule has 2 aromatic rings. The molecular formula is C26H30F2O5. The molecule has 0 spiro atoms. The first-order chi connectivity index (χ1) is 15.3. The van der Waals surface area contributed by atoms with Crippen LogP contribution in [0.5, 0.6) is 0 Å². The number of carbonyl (C=O) groups excluding carboxylic acids is 2. The lowest BCUT2D eigenvalue weighted by Crippen LogP contribution is -2.26. The van der Waals surface area contributed by atoms with E-state index < -0.39 is 41.4 Å². The summed E-state index contributed by atoms with van der Waals surface area (Å²) in [4.78, 5) is 23.5. The molecule has 2 fully saturated rings. The SMILES string of the molecule is CC(C)(C)C(=O)C1OC1c1ccccc1F.CC(C)(C)OC(=O)C1OC1c1ccccc1F. The van der Waals surface area contributed by atoms with E-state index in [0.29, 0.717) is 11.1 Å². The Bertz CT molecular complexity index is 1020. The summed E-state index contributed by atoms with van der Waals surface area (Å²) in [5.74, 6) is -1.08. The second-order valence-electron chi connectivity index (χ2n) is 10.1. The van der Waals surface area contributed by atoms with Gasteiger partial charge in [-0.1, -0.05) is 57.2 Å². The normalized spacial score (nSPS) is 23.8. The van der Waals surface area contributed by atoms with E-state index in [-0.39, 0.29) is 17.4 Å². The number of benzene rings is 2. The average molecular weight is 461 g/mol. The predicted molar refractivity (Wildman–Crippen MR) is 118 cm³/mol. The standard InChI is InChI=1S/C13H15FO3.C13H15FO2/c1-13(2,3)17-12(15)11-10(16-11)8-6-4-5-7-9(8)14;1-13(2,3)12(15)11-10(16-11)8-6-4-5-7-9(8)14/h4-7,10-11H,1-3H3;4-7,10-11H,1-3H3. The van der Waals surface area contributed by atoms with E-state index in [1.807, 2.05) is 20.8 Å². The Hall–Kier alpha value is -2.64. The van der Waals surface area contributed by atoms with Gasteiger partial charge in [0.1, 0.15) is 35.5 Å². The number of ether oxygens (including phenoxy) is 3.